The molecule has 3 nitrogen and oxygen atoms in total. The minimum absolute atomic E-state index is 0.279. The SMILES string of the molecule is CC1=CC(N2CCc3cc(Cl)ccc3C2C)=NC(Cl)N1C. The summed E-state index contributed by atoms with van der Waals surface area (Å²) in [7, 11) is 1.96. The Morgan fingerprint density at radius 3 is 2.81 bits per heavy atom. The fraction of sp³-hybridized carbons (Fsp3) is 0.438. The molecule has 0 amide bonds. The van der Waals surface area contributed by atoms with Gasteiger partial charge in [-0.25, -0.2) is 4.99 Å². The number of aliphatic imine (C=N–C) groups is 1. The lowest BCUT2D eigenvalue weighted by Crippen LogP contribution is -2.41. The van der Waals surface area contributed by atoms with Crippen LogP contribution in [0.3, 0.4) is 0 Å². The van der Waals surface area contributed by atoms with Gasteiger partial charge >= 0.3 is 0 Å². The Bertz CT molecular complexity index is 624. The molecule has 2 aliphatic heterocycles. The Morgan fingerprint density at radius 2 is 2.10 bits per heavy atom. The van der Waals surface area contributed by atoms with Crippen molar-refractivity contribution in [1.82, 2.24) is 9.80 Å². The van der Waals surface area contributed by atoms with Crippen LogP contribution in [0, 0.1) is 0 Å². The van der Waals surface area contributed by atoms with Crippen molar-refractivity contribution in [3.05, 3.63) is 46.1 Å². The third kappa shape index (κ3) is 2.65. The predicted octanol–water partition coefficient (Wildman–Crippen LogP) is 4.03. The van der Waals surface area contributed by atoms with Gasteiger partial charge in [-0.1, -0.05) is 29.3 Å². The van der Waals surface area contributed by atoms with E-state index < -0.39 is 0 Å². The first-order valence-corrected chi connectivity index (χ1v) is 7.97. The summed E-state index contributed by atoms with van der Waals surface area (Å²) in [5.74, 6) is 0.971. The molecule has 2 atom stereocenters. The lowest BCUT2D eigenvalue weighted by Gasteiger charge is -2.39. The van der Waals surface area contributed by atoms with Crippen LogP contribution in [-0.2, 0) is 6.42 Å². The molecule has 112 valence electrons. The summed E-state index contributed by atoms with van der Waals surface area (Å²) in [5, 5.41) is 0.808. The summed E-state index contributed by atoms with van der Waals surface area (Å²) in [6, 6.07) is 6.44. The van der Waals surface area contributed by atoms with Crippen LogP contribution in [-0.4, -0.2) is 34.9 Å². The van der Waals surface area contributed by atoms with Crippen LogP contribution in [0.1, 0.15) is 31.0 Å². The van der Waals surface area contributed by atoms with E-state index in [1.807, 2.05) is 18.0 Å². The van der Waals surface area contributed by atoms with Crippen LogP contribution < -0.4 is 0 Å². The Kier molecular flexibility index (Phi) is 3.89. The number of allylic oxidation sites excluding steroid dienone is 1. The molecule has 21 heavy (non-hydrogen) atoms. The quantitative estimate of drug-likeness (QED) is 0.530. The van der Waals surface area contributed by atoms with Crippen LogP contribution in [0.25, 0.3) is 0 Å². The zero-order valence-corrected chi connectivity index (χ0v) is 14.0. The smallest absolute Gasteiger partial charge is 0.199 e. The summed E-state index contributed by atoms with van der Waals surface area (Å²) >= 11 is 12.4. The Labute approximate surface area is 135 Å². The van der Waals surface area contributed by atoms with Crippen LogP contribution in [0.15, 0.2) is 35.0 Å². The van der Waals surface area contributed by atoms with Gasteiger partial charge in [0.25, 0.3) is 0 Å². The van der Waals surface area contributed by atoms with E-state index in [4.69, 9.17) is 23.2 Å². The molecule has 2 unspecified atom stereocenters. The highest BCUT2D eigenvalue weighted by molar-refractivity contribution is 6.30. The summed E-state index contributed by atoms with van der Waals surface area (Å²) in [5.41, 5.74) is 3.46. The minimum Gasteiger partial charge on any atom is -0.350 e. The first-order valence-electron chi connectivity index (χ1n) is 7.15. The number of nitrogens with zero attached hydrogens (tertiary/aromatic N) is 3. The molecule has 0 N–H and O–H groups in total. The van der Waals surface area contributed by atoms with Crippen LogP contribution >= 0.6 is 23.2 Å². The fourth-order valence-electron chi connectivity index (χ4n) is 2.96. The molecule has 1 aromatic rings. The summed E-state index contributed by atoms with van der Waals surface area (Å²) in [6.07, 6.45) is 3.09. The van der Waals surface area contributed by atoms with E-state index in [9.17, 15) is 0 Å². The van der Waals surface area contributed by atoms with Crippen LogP contribution in [0.2, 0.25) is 5.02 Å². The Hall–Kier alpha value is -1.19. The van der Waals surface area contributed by atoms with Crippen LogP contribution in [0.4, 0.5) is 0 Å². The van der Waals surface area contributed by atoms with Crippen molar-refractivity contribution in [2.24, 2.45) is 4.99 Å². The van der Waals surface area contributed by atoms with E-state index in [0.717, 1.165) is 29.5 Å². The van der Waals surface area contributed by atoms with Crippen molar-refractivity contribution in [2.75, 3.05) is 13.6 Å². The van der Waals surface area contributed by atoms with Crippen LogP contribution in [0.5, 0.6) is 0 Å². The van der Waals surface area contributed by atoms with Crippen molar-refractivity contribution >= 4 is 29.0 Å². The van der Waals surface area contributed by atoms with Gasteiger partial charge in [-0.15, -0.1) is 0 Å². The highest BCUT2D eigenvalue weighted by Gasteiger charge is 2.28. The van der Waals surface area contributed by atoms with E-state index in [1.165, 1.54) is 11.1 Å². The van der Waals surface area contributed by atoms with Crippen molar-refractivity contribution in [3.8, 4) is 0 Å². The highest BCUT2D eigenvalue weighted by atomic mass is 35.5. The first-order chi connectivity index (χ1) is 9.97. The number of alkyl halides is 1. The third-order valence-electron chi connectivity index (χ3n) is 4.39. The summed E-state index contributed by atoms with van der Waals surface area (Å²) < 4.78 is 0. The van der Waals surface area contributed by atoms with Gasteiger partial charge in [-0.2, -0.15) is 0 Å². The second kappa shape index (κ2) is 5.54. The van der Waals surface area contributed by atoms with Gasteiger partial charge in [0, 0.05) is 24.3 Å². The molecule has 2 heterocycles. The summed E-state index contributed by atoms with van der Waals surface area (Å²) in [4.78, 5) is 8.90. The maximum Gasteiger partial charge on any atom is 0.199 e. The average Bonchev–Trinajstić information content (AvgIpc) is 2.44. The highest BCUT2D eigenvalue weighted by Crippen LogP contribution is 2.32. The average molecular weight is 324 g/mol. The van der Waals surface area contributed by atoms with E-state index in [-0.39, 0.29) is 11.7 Å². The first kappa shape index (κ1) is 14.7. The predicted molar refractivity (Wildman–Crippen MR) is 88.9 cm³/mol. The number of hydrogen-bond acceptors (Lipinski definition) is 3. The maximum absolute atomic E-state index is 6.30. The van der Waals surface area contributed by atoms with E-state index in [2.05, 4.69) is 41.9 Å². The van der Waals surface area contributed by atoms with Crippen molar-refractivity contribution in [2.45, 2.75) is 31.9 Å². The molecule has 3 rings (SSSR count). The van der Waals surface area contributed by atoms with E-state index in [1.54, 1.807) is 0 Å². The molecular formula is C16H19Cl2N3. The number of fused-ring (bicyclic) bond motifs is 1. The molecule has 0 radical (unpaired) electrons. The molecule has 0 aromatic heterocycles. The zero-order chi connectivity index (χ0) is 15.1. The minimum atomic E-state index is -0.330. The molecule has 2 aliphatic rings. The van der Waals surface area contributed by atoms with Gasteiger partial charge in [-0.05, 0) is 49.6 Å². The van der Waals surface area contributed by atoms with E-state index >= 15 is 0 Å². The third-order valence-corrected chi connectivity index (χ3v) is 5.02. The number of halogens is 2. The van der Waals surface area contributed by atoms with Crippen molar-refractivity contribution in [3.63, 3.8) is 0 Å². The monoisotopic (exact) mass is 323 g/mol. The largest absolute Gasteiger partial charge is 0.350 e. The summed E-state index contributed by atoms with van der Waals surface area (Å²) in [6.45, 7) is 5.20. The number of rotatable bonds is 0. The molecule has 0 saturated carbocycles. The number of hydrogen-bond donors (Lipinski definition) is 0. The molecule has 5 heteroatoms. The van der Waals surface area contributed by atoms with Crippen molar-refractivity contribution < 1.29 is 0 Å². The second-order valence-electron chi connectivity index (χ2n) is 5.66. The van der Waals surface area contributed by atoms with E-state index in [0.29, 0.717) is 0 Å². The molecule has 0 bridgehead atoms. The molecule has 0 aliphatic carbocycles. The standard InChI is InChI=1S/C16H19Cl2N3/c1-10-8-15(19-16(18)20(10)3)21-7-6-12-9-13(17)4-5-14(12)11(21)2/h4-5,8-9,11,16H,6-7H2,1-3H3. The van der Waals surface area contributed by atoms with Gasteiger partial charge in [0.1, 0.15) is 5.84 Å². The lowest BCUT2D eigenvalue weighted by molar-refractivity contribution is 0.307. The normalized spacial score (nSPS) is 25.4. The molecule has 0 spiro atoms. The van der Waals surface area contributed by atoms with Gasteiger partial charge in [-0.3, -0.25) is 0 Å². The lowest BCUT2D eigenvalue weighted by atomic mass is 9.93. The van der Waals surface area contributed by atoms with Gasteiger partial charge < -0.3 is 9.80 Å². The Morgan fingerprint density at radius 1 is 1.33 bits per heavy atom. The number of benzene rings is 1. The maximum atomic E-state index is 6.30. The molecular weight excluding hydrogens is 305 g/mol. The zero-order valence-electron chi connectivity index (χ0n) is 12.5. The van der Waals surface area contributed by atoms with Gasteiger partial charge in [0.2, 0.25) is 0 Å². The second-order valence-corrected chi connectivity index (χ2v) is 6.48. The van der Waals surface area contributed by atoms with Gasteiger partial charge in [0.15, 0.2) is 5.62 Å². The Balaban J connectivity index is 1.92. The molecule has 0 saturated heterocycles. The van der Waals surface area contributed by atoms with Crippen molar-refractivity contribution in [1.29, 1.82) is 0 Å². The molecule has 0 fully saturated rings. The fourth-order valence-corrected chi connectivity index (χ4v) is 3.41. The van der Waals surface area contributed by atoms with Gasteiger partial charge in [0.05, 0.1) is 6.04 Å². The topological polar surface area (TPSA) is 18.8 Å². The number of amidine groups is 1. The molecule has 1 aromatic carbocycles.